The molecule has 21 heavy (non-hydrogen) atoms. The molecule has 0 spiro atoms. The number of carbonyl (C=O) groups is 3. The van der Waals surface area contributed by atoms with Gasteiger partial charge in [0.05, 0.1) is 26.6 Å². The molecule has 0 unspecified atom stereocenters. The summed E-state index contributed by atoms with van der Waals surface area (Å²) in [5.41, 5.74) is 0.760. The van der Waals surface area contributed by atoms with Crippen LogP contribution in [0.3, 0.4) is 0 Å². The number of hydrogen-bond acceptors (Lipinski definition) is 5. The molecule has 1 aromatic rings. The van der Waals surface area contributed by atoms with Gasteiger partial charge in [0.2, 0.25) is 5.91 Å². The van der Waals surface area contributed by atoms with Crippen molar-refractivity contribution in [3.05, 3.63) is 35.9 Å². The Kier molecular flexibility index (Phi) is 4.57. The van der Waals surface area contributed by atoms with Crippen LogP contribution in [0.5, 0.6) is 0 Å². The number of rotatable bonds is 4. The van der Waals surface area contributed by atoms with Crippen LogP contribution >= 0.6 is 0 Å². The van der Waals surface area contributed by atoms with Crippen LogP contribution in [0.2, 0.25) is 0 Å². The Hall–Kier alpha value is -2.37. The third-order valence-corrected chi connectivity index (χ3v) is 3.68. The quantitative estimate of drug-likeness (QED) is 0.822. The van der Waals surface area contributed by atoms with Crippen molar-refractivity contribution in [3.63, 3.8) is 0 Å². The van der Waals surface area contributed by atoms with Gasteiger partial charge in [0.1, 0.15) is 6.04 Å². The summed E-state index contributed by atoms with van der Waals surface area (Å²) >= 11 is 0. The molecule has 1 aliphatic heterocycles. The van der Waals surface area contributed by atoms with Gasteiger partial charge in [-0.15, -0.1) is 0 Å². The Labute approximate surface area is 122 Å². The lowest BCUT2D eigenvalue weighted by Gasteiger charge is -2.20. The smallest absolute Gasteiger partial charge is 0.328 e. The topological polar surface area (TPSA) is 81.7 Å². The molecule has 6 nitrogen and oxygen atoms in total. The van der Waals surface area contributed by atoms with Gasteiger partial charge in [-0.3, -0.25) is 9.59 Å². The van der Waals surface area contributed by atoms with E-state index in [1.807, 2.05) is 18.2 Å². The lowest BCUT2D eigenvalue weighted by Crippen LogP contribution is -2.38. The fourth-order valence-electron chi connectivity index (χ4n) is 2.67. The van der Waals surface area contributed by atoms with Gasteiger partial charge >= 0.3 is 11.9 Å². The van der Waals surface area contributed by atoms with Crippen molar-refractivity contribution >= 4 is 17.8 Å². The molecule has 1 aliphatic rings. The van der Waals surface area contributed by atoms with Gasteiger partial charge in [-0.25, -0.2) is 4.79 Å². The van der Waals surface area contributed by atoms with Crippen molar-refractivity contribution in [1.29, 1.82) is 0 Å². The molecule has 1 heterocycles. The van der Waals surface area contributed by atoms with E-state index in [1.54, 1.807) is 12.1 Å². The Balaban J connectivity index is 2.34. The molecule has 0 saturated carbocycles. The first-order valence-electron chi connectivity index (χ1n) is 6.58. The molecule has 1 N–H and O–H groups in total. The zero-order valence-corrected chi connectivity index (χ0v) is 11.9. The van der Waals surface area contributed by atoms with Gasteiger partial charge in [-0.1, -0.05) is 30.3 Å². The highest BCUT2D eigenvalue weighted by Crippen LogP contribution is 2.35. The average molecular weight is 291 g/mol. The maximum Gasteiger partial charge on any atom is 0.328 e. The first-order valence-corrected chi connectivity index (χ1v) is 6.58. The minimum absolute atomic E-state index is 0.0332. The van der Waals surface area contributed by atoms with Crippen LogP contribution in [0.15, 0.2) is 30.3 Å². The monoisotopic (exact) mass is 291 g/mol. The highest BCUT2D eigenvalue weighted by Gasteiger charge is 2.47. The summed E-state index contributed by atoms with van der Waals surface area (Å²) in [6.07, 6.45) is -0.0332. The normalized spacial score (nSPS) is 24.3. The molecule has 6 heteroatoms. The summed E-state index contributed by atoms with van der Waals surface area (Å²) in [4.78, 5) is 35.6. The second kappa shape index (κ2) is 6.39. The maximum atomic E-state index is 12.2. The number of hydrogen-bond donors (Lipinski definition) is 1. The van der Waals surface area contributed by atoms with E-state index in [2.05, 4.69) is 10.1 Å². The van der Waals surface area contributed by atoms with Gasteiger partial charge in [-0.05, 0) is 5.56 Å². The minimum Gasteiger partial charge on any atom is -0.469 e. The first-order chi connectivity index (χ1) is 10.1. The van der Waals surface area contributed by atoms with Crippen LogP contribution in [-0.2, 0) is 23.9 Å². The Morgan fingerprint density at radius 2 is 1.81 bits per heavy atom. The average Bonchev–Trinajstić information content (AvgIpc) is 2.83. The van der Waals surface area contributed by atoms with Crippen molar-refractivity contribution < 1.29 is 23.9 Å². The van der Waals surface area contributed by atoms with Gasteiger partial charge in [-0.2, -0.15) is 0 Å². The predicted molar refractivity (Wildman–Crippen MR) is 73.3 cm³/mol. The fraction of sp³-hybridized carbons (Fsp3) is 0.400. The van der Waals surface area contributed by atoms with E-state index in [1.165, 1.54) is 14.2 Å². The highest BCUT2D eigenvalue weighted by atomic mass is 16.5. The van der Waals surface area contributed by atoms with Gasteiger partial charge in [0, 0.05) is 5.92 Å². The third kappa shape index (κ3) is 3.04. The molecule has 1 amide bonds. The zero-order valence-electron chi connectivity index (χ0n) is 11.9. The van der Waals surface area contributed by atoms with E-state index in [0.29, 0.717) is 0 Å². The molecule has 0 radical (unpaired) electrons. The summed E-state index contributed by atoms with van der Waals surface area (Å²) in [6.45, 7) is 0. The van der Waals surface area contributed by atoms with Crippen LogP contribution in [0.4, 0.5) is 0 Å². The molecule has 1 saturated heterocycles. The summed E-state index contributed by atoms with van der Waals surface area (Å²) < 4.78 is 9.37. The molecule has 3 atom stereocenters. The van der Waals surface area contributed by atoms with Gasteiger partial charge in [0.25, 0.3) is 0 Å². The second-order valence-electron chi connectivity index (χ2n) is 4.84. The summed E-state index contributed by atoms with van der Waals surface area (Å²) in [7, 11) is 2.52. The SMILES string of the molecule is COC(=O)C[C@@H]1[C@@H](C(=O)OC)NC(=O)[C@@H]1c1ccccc1. The predicted octanol–water partition coefficient (Wildman–Crippen LogP) is 0.621. The number of ether oxygens (including phenoxy) is 2. The number of nitrogens with one attached hydrogen (secondary N) is 1. The summed E-state index contributed by atoms with van der Waals surface area (Å²) in [5, 5.41) is 2.61. The Bertz CT molecular complexity index is 542. The fourth-order valence-corrected chi connectivity index (χ4v) is 2.67. The molecular weight excluding hydrogens is 274 g/mol. The summed E-state index contributed by atoms with van der Waals surface area (Å²) in [5.74, 6) is -2.42. The number of methoxy groups -OCH3 is 2. The van der Waals surface area contributed by atoms with E-state index in [9.17, 15) is 14.4 Å². The highest BCUT2D eigenvalue weighted by molar-refractivity contribution is 5.94. The molecule has 112 valence electrons. The number of carbonyl (C=O) groups excluding carboxylic acids is 3. The zero-order chi connectivity index (χ0) is 15.4. The molecule has 0 aliphatic carbocycles. The molecule has 1 aromatic carbocycles. The molecule has 2 rings (SSSR count). The number of benzene rings is 1. The standard InChI is InChI=1S/C15H17NO5/c1-20-11(17)8-10-12(9-6-4-3-5-7-9)14(18)16-13(10)15(19)21-2/h3-7,10,12-13H,8H2,1-2H3,(H,16,18)/t10-,12+,13-/m0/s1. The van der Waals surface area contributed by atoms with Crippen molar-refractivity contribution in [2.24, 2.45) is 5.92 Å². The first kappa shape index (κ1) is 15.0. The molecule has 1 fully saturated rings. The van der Waals surface area contributed by atoms with Crippen molar-refractivity contribution in [3.8, 4) is 0 Å². The lowest BCUT2D eigenvalue weighted by molar-refractivity contribution is -0.146. The second-order valence-corrected chi connectivity index (χ2v) is 4.84. The van der Waals surface area contributed by atoms with E-state index < -0.39 is 29.8 Å². The van der Waals surface area contributed by atoms with Crippen LogP contribution in [-0.4, -0.2) is 38.1 Å². The van der Waals surface area contributed by atoms with Crippen molar-refractivity contribution in [2.75, 3.05) is 14.2 Å². The maximum absolute atomic E-state index is 12.2. The minimum atomic E-state index is -0.841. The van der Waals surface area contributed by atoms with Crippen molar-refractivity contribution in [1.82, 2.24) is 5.32 Å². The largest absolute Gasteiger partial charge is 0.469 e. The number of esters is 2. The van der Waals surface area contributed by atoms with E-state index in [0.717, 1.165) is 5.56 Å². The van der Waals surface area contributed by atoms with E-state index in [-0.39, 0.29) is 12.3 Å². The van der Waals surface area contributed by atoms with Crippen LogP contribution in [0.25, 0.3) is 0 Å². The van der Waals surface area contributed by atoms with Crippen molar-refractivity contribution in [2.45, 2.75) is 18.4 Å². The molecule has 0 bridgehead atoms. The third-order valence-electron chi connectivity index (χ3n) is 3.68. The van der Waals surface area contributed by atoms with Crippen LogP contribution < -0.4 is 5.32 Å². The van der Waals surface area contributed by atoms with Crippen LogP contribution in [0.1, 0.15) is 17.9 Å². The Morgan fingerprint density at radius 1 is 1.14 bits per heavy atom. The van der Waals surface area contributed by atoms with Crippen LogP contribution in [0, 0.1) is 5.92 Å². The van der Waals surface area contributed by atoms with E-state index >= 15 is 0 Å². The number of amides is 1. The molecule has 0 aromatic heterocycles. The summed E-state index contributed by atoms with van der Waals surface area (Å²) in [6, 6.07) is 8.21. The van der Waals surface area contributed by atoms with E-state index in [4.69, 9.17) is 4.74 Å². The van der Waals surface area contributed by atoms with Gasteiger partial charge in [0.15, 0.2) is 0 Å². The molecular formula is C15H17NO5. The van der Waals surface area contributed by atoms with Gasteiger partial charge < -0.3 is 14.8 Å². The lowest BCUT2D eigenvalue weighted by atomic mass is 9.82. The Morgan fingerprint density at radius 3 is 2.38 bits per heavy atom.